The van der Waals surface area contributed by atoms with Crippen molar-refractivity contribution in [3.8, 4) is 5.75 Å². The number of ether oxygens (including phenoxy) is 1. The van der Waals surface area contributed by atoms with Crippen molar-refractivity contribution in [2.24, 2.45) is 0 Å². The zero-order valence-electron chi connectivity index (χ0n) is 11.6. The molecule has 0 aliphatic rings. The molecule has 102 valence electrons. The number of rotatable bonds is 4. The van der Waals surface area contributed by atoms with E-state index in [2.05, 4.69) is 5.32 Å². The van der Waals surface area contributed by atoms with E-state index in [4.69, 9.17) is 4.74 Å². The first-order chi connectivity index (χ1) is 9.67. The third kappa shape index (κ3) is 3.99. The van der Waals surface area contributed by atoms with Crippen LogP contribution in [0.4, 0.5) is 5.69 Å². The lowest BCUT2D eigenvalue weighted by atomic mass is 10.2. The Balaban J connectivity index is 1.96. The molecule has 0 unspecified atom stereocenters. The average molecular weight is 267 g/mol. The van der Waals surface area contributed by atoms with Gasteiger partial charge in [0.05, 0.1) is 7.11 Å². The molecule has 3 heteroatoms. The topological polar surface area (TPSA) is 38.3 Å². The minimum atomic E-state index is -0.148. The summed E-state index contributed by atoms with van der Waals surface area (Å²) in [5.41, 5.74) is 2.90. The molecular weight excluding hydrogens is 250 g/mol. The van der Waals surface area contributed by atoms with E-state index in [1.807, 2.05) is 55.5 Å². The molecule has 0 heterocycles. The van der Waals surface area contributed by atoms with Crippen LogP contribution in [0.15, 0.2) is 54.6 Å². The highest BCUT2D eigenvalue weighted by molar-refractivity contribution is 6.01. The van der Waals surface area contributed by atoms with Crippen molar-refractivity contribution in [3.63, 3.8) is 0 Å². The molecule has 3 nitrogen and oxygen atoms in total. The van der Waals surface area contributed by atoms with Crippen LogP contribution in [0.25, 0.3) is 6.08 Å². The van der Waals surface area contributed by atoms with E-state index in [1.165, 1.54) is 6.08 Å². The summed E-state index contributed by atoms with van der Waals surface area (Å²) in [6, 6.07) is 15.2. The Labute approximate surface area is 118 Å². The average Bonchev–Trinajstić information content (AvgIpc) is 2.48. The maximum absolute atomic E-state index is 11.8. The van der Waals surface area contributed by atoms with E-state index in [-0.39, 0.29) is 5.91 Å². The standard InChI is InChI=1S/C17H17NO2/c1-13-3-8-15(9-4-13)18-17(19)12-7-14-5-10-16(20-2)11-6-14/h3-12H,1-2H3,(H,18,19)/b12-7+. The van der Waals surface area contributed by atoms with Gasteiger partial charge < -0.3 is 10.1 Å². The fourth-order valence-electron chi connectivity index (χ4n) is 1.71. The first-order valence-corrected chi connectivity index (χ1v) is 6.37. The summed E-state index contributed by atoms with van der Waals surface area (Å²) in [5, 5.41) is 2.81. The lowest BCUT2D eigenvalue weighted by Gasteiger charge is -2.02. The van der Waals surface area contributed by atoms with Gasteiger partial charge in [0.2, 0.25) is 5.91 Å². The number of methoxy groups -OCH3 is 1. The maximum atomic E-state index is 11.8. The predicted molar refractivity (Wildman–Crippen MR) is 81.8 cm³/mol. The Hall–Kier alpha value is -2.55. The molecule has 2 aromatic rings. The summed E-state index contributed by atoms with van der Waals surface area (Å²) in [4.78, 5) is 11.8. The van der Waals surface area contributed by atoms with Crippen LogP contribution in [0.5, 0.6) is 5.75 Å². The van der Waals surface area contributed by atoms with Gasteiger partial charge in [-0.15, -0.1) is 0 Å². The number of carbonyl (C=O) groups is 1. The van der Waals surface area contributed by atoms with Gasteiger partial charge in [-0.1, -0.05) is 29.8 Å². The van der Waals surface area contributed by atoms with E-state index >= 15 is 0 Å². The van der Waals surface area contributed by atoms with Crippen LogP contribution < -0.4 is 10.1 Å². The van der Waals surface area contributed by atoms with Crippen LogP contribution in [-0.2, 0) is 4.79 Å². The van der Waals surface area contributed by atoms with Gasteiger partial charge in [0.25, 0.3) is 0 Å². The van der Waals surface area contributed by atoms with Gasteiger partial charge in [-0.05, 0) is 42.8 Å². The molecule has 2 rings (SSSR count). The third-order valence-electron chi connectivity index (χ3n) is 2.86. The van der Waals surface area contributed by atoms with Gasteiger partial charge in [0.15, 0.2) is 0 Å². The van der Waals surface area contributed by atoms with E-state index < -0.39 is 0 Å². The highest BCUT2D eigenvalue weighted by atomic mass is 16.5. The second kappa shape index (κ2) is 6.57. The third-order valence-corrected chi connectivity index (χ3v) is 2.86. The lowest BCUT2D eigenvalue weighted by molar-refractivity contribution is -0.111. The monoisotopic (exact) mass is 267 g/mol. The fourth-order valence-corrected chi connectivity index (χ4v) is 1.71. The van der Waals surface area contributed by atoms with E-state index in [9.17, 15) is 4.79 Å². The summed E-state index contributed by atoms with van der Waals surface area (Å²) >= 11 is 0. The largest absolute Gasteiger partial charge is 0.497 e. The van der Waals surface area contributed by atoms with Gasteiger partial charge in [-0.3, -0.25) is 4.79 Å². The number of anilines is 1. The quantitative estimate of drug-likeness (QED) is 0.859. The molecule has 0 aromatic heterocycles. The molecule has 0 aliphatic heterocycles. The number of aryl methyl sites for hydroxylation is 1. The number of nitrogens with one attached hydrogen (secondary N) is 1. The molecule has 0 fully saturated rings. The summed E-state index contributed by atoms with van der Waals surface area (Å²) in [7, 11) is 1.62. The van der Waals surface area contributed by atoms with Gasteiger partial charge in [-0.25, -0.2) is 0 Å². The van der Waals surface area contributed by atoms with Gasteiger partial charge >= 0.3 is 0 Å². The van der Waals surface area contributed by atoms with Crippen molar-refractivity contribution in [2.45, 2.75) is 6.92 Å². The summed E-state index contributed by atoms with van der Waals surface area (Å²) in [6.45, 7) is 2.01. The second-order valence-corrected chi connectivity index (χ2v) is 4.46. The van der Waals surface area contributed by atoms with Gasteiger partial charge in [0.1, 0.15) is 5.75 Å². The SMILES string of the molecule is COc1ccc(/C=C/C(=O)Nc2ccc(C)cc2)cc1. The number of benzene rings is 2. The Bertz CT molecular complexity index is 598. The highest BCUT2D eigenvalue weighted by Crippen LogP contribution is 2.13. The molecular formula is C17H17NO2. The Kier molecular flexibility index (Phi) is 4.56. The van der Waals surface area contributed by atoms with Crippen molar-refractivity contribution in [1.29, 1.82) is 0 Å². The van der Waals surface area contributed by atoms with E-state index in [0.29, 0.717) is 0 Å². The van der Waals surface area contributed by atoms with Crippen molar-refractivity contribution < 1.29 is 9.53 Å². The van der Waals surface area contributed by atoms with Crippen molar-refractivity contribution in [2.75, 3.05) is 12.4 Å². The van der Waals surface area contributed by atoms with Crippen LogP contribution in [-0.4, -0.2) is 13.0 Å². The van der Waals surface area contributed by atoms with Gasteiger partial charge in [-0.2, -0.15) is 0 Å². The predicted octanol–water partition coefficient (Wildman–Crippen LogP) is 3.66. The highest BCUT2D eigenvalue weighted by Gasteiger charge is 1.97. The number of hydrogen-bond donors (Lipinski definition) is 1. The molecule has 0 saturated heterocycles. The van der Waals surface area contributed by atoms with Crippen molar-refractivity contribution in [3.05, 3.63) is 65.7 Å². The van der Waals surface area contributed by atoms with E-state index in [1.54, 1.807) is 13.2 Å². The maximum Gasteiger partial charge on any atom is 0.248 e. The van der Waals surface area contributed by atoms with Crippen LogP contribution in [0, 0.1) is 6.92 Å². The molecule has 0 spiro atoms. The second-order valence-electron chi connectivity index (χ2n) is 4.46. The normalized spacial score (nSPS) is 10.5. The number of amides is 1. The van der Waals surface area contributed by atoms with Crippen LogP contribution in [0.2, 0.25) is 0 Å². The molecule has 0 atom stereocenters. The Morgan fingerprint density at radius 3 is 2.30 bits per heavy atom. The Morgan fingerprint density at radius 2 is 1.70 bits per heavy atom. The number of hydrogen-bond acceptors (Lipinski definition) is 2. The Morgan fingerprint density at radius 1 is 1.05 bits per heavy atom. The van der Waals surface area contributed by atoms with E-state index in [0.717, 1.165) is 22.6 Å². The molecule has 1 N–H and O–H groups in total. The minimum absolute atomic E-state index is 0.148. The minimum Gasteiger partial charge on any atom is -0.497 e. The molecule has 0 aliphatic carbocycles. The molecule has 0 saturated carbocycles. The molecule has 1 amide bonds. The summed E-state index contributed by atoms with van der Waals surface area (Å²) in [6.07, 6.45) is 3.28. The zero-order chi connectivity index (χ0) is 14.4. The molecule has 20 heavy (non-hydrogen) atoms. The van der Waals surface area contributed by atoms with Crippen LogP contribution in [0.1, 0.15) is 11.1 Å². The molecule has 0 radical (unpaired) electrons. The summed E-state index contributed by atoms with van der Waals surface area (Å²) < 4.78 is 5.08. The fraction of sp³-hybridized carbons (Fsp3) is 0.118. The molecule has 2 aromatic carbocycles. The number of carbonyl (C=O) groups excluding carboxylic acids is 1. The first kappa shape index (κ1) is 13.9. The molecule has 0 bridgehead atoms. The summed E-state index contributed by atoms with van der Waals surface area (Å²) in [5.74, 6) is 0.649. The smallest absolute Gasteiger partial charge is 0.248 e. The van der Waals surface area contributed by atoms with Gasteiger partial charge in [0, 0.05) is 11.8 Å². The van der Waals surface area contributed by atoms with Crippen molar-refractivity contribution in [1.82, 2.24) is 0 Å². The van der Waals surface area contributed by atoms with Crippen LogP contribution in [0.3, 0.4) is 0 Å². The zero-order valence-corrected chi connectivity index (χ0v) is 11.6. The lowest BCUT2D eigenvalue weighted by Crippen LogP contribution is -2.07. The van der Waals surface area contributed by atoms with Crippen molar-refractivity contribution >= 4 is 17.7 Å². The first-order valence-electron chi connectivity index (χ1n) is 6.37. The van der Waals surface area contributed by atoms with Crippen LogP contribution >= 0.6 is 0 Å².